The number of aryl methyl sites for hydroxylation is 1. The highest BCUT2D eigenvalue weighted by atomic mass is 32.2. The number of amidine groups is 4. The van der Waals surface area contributed by atoms with E-state index in [-0.39, 0.29) is 23.6 Å². The Hall–Kier alpha value is -13.2. The van der Waals surface area contributed by atoms with Crippen molar-refractivity contribution in [1.82, 2.24) is 19.7 Å². The lowest BCUT2D eigenvalue weighted by molar-refractivity contribution is -0.114. The lowest BCUT2D eigenvalue weighted by atomic mass is 10.1. The average molecular weight is 1650 g/mol. The summed E-state index contributed by atoms with van der Waals surface area (Å²) in [5, 5.41) is 11.2. The Balaban J connectivity index is 0.000000112. The van der Waals surface area contributed by atoms with Crippen LogP contribution in [0.1, 0.15) is 22.3 Å². The zero-order chi connectivity index (χ0) is 79.4. The van der Waals surface area contributed by atoms with Crippen molar-refractivity contribution in [1.29, 1.82) is 0 Å². The lowest BCUT2D eigenvalue weighted by Crippen LogP contribution is -2.28. The fraction of sp³-hybridized carbons (Fsp3) is 0.0106. The summed E-state index contributed by atoms with van der Waals surface area (Å²) in [5.74, 6) is -0.275. The standard InChI is InChI=1S/C24H18N4OS.C24H16N2OS2.2C23H15N3OS2/c1-27-21-13-12-17(14-18(21)16-25-27)15-22-23(29)28(20-10-6-3-7-11-20)24(30-22)26-19-8-4-2-5-9-19;27-23-22(16-17-11-12-21-18(15-17)13-14-28-21)29-24(25-19-7-3-1-4-8-19)26(23)20-9-5-2-6-10-20;27-22-21(14-16-11-12-20-19(13-16)24-15-28-20)29-23(25-17-7-3-1-4-8-17)26(22)18-9-5-2-6-10-18;27-22-21(14-16-11-12-19-20(13-16)28-15-24-19)29-23(25-17-7-3-1-4-8-17)26(22)18-9-5-2-6-10-18/h2-16H,1H3;1-16H;2*1-15H/b22-15-,26-24?;22-16-,25-24?;2*21-14-,25-23?. The molecule has 12 aromatic carbocycles. The van der Waals surface area contributed by atoms with E-state index in [2.05, 4.69) is 50.8 Å². The molecule has 117 heavy (non-hydrogen) atoms. The van der Waals surface area contributed by atoms with Gasteiger partial charge in [-0.15, -0.1) is 34.0 Å². The number of fused-ring (bicyclic) bond motifs is 4. The first-order chi connectivity index (χ1) is 57.5. The van der Waals surface area contributed by atoms with Crippen molar-refractivity contribution in [3.05, 3.63) is 386 Å². The normalized spacial score (nSPS) is 16.9. The fourth-order valence-electron chi connectivity index (χ4n) is 12.7. The molecule has 4 aliphatic heterocycles. The smallest absolute Gasteiger partial charge is 0.268 e. The van der Waals surface area contributed by atoms with E-state index in [1.165, 1.54) is 57.1 Å². The van der Waals surface area contributed by atoms with Gasteiger partial charge in [0.25, 0.3) is 23.6 Å². The van der Waals surface area contributed by atoms with E-state index in [1.54, 1.807) is 53.6 Å². The third-order valence-corrected chi connectivity index (χ3v) is 24.7. The molecular formula is C94H64N12O4S7. The highest BCUT2D eigenvalue weighted by Crippen LogP contribution is 2.43. The van der Waals surface area contributed by atoms with Crippen LogP contribution in [-0.4, -0.2) is 64.0 Å². The van der Waals surface area contributed by atoms with E-state index in [1.807, 2.05) is 344 Å². The summed E-state index contributed by atoms with van der Waals surface area (Å²) in [7, 11) is 1.92. The van der Waals surface area contributed by atoms with Gasteiger partial charge in [-0.1, -0.05) is 170 Å². The number of anilines is 4. The Kier molecular flexibility index (Phi) is 23.3. The van der Waals surface area contributed by atoms with Crippen LogP contribution in [0.5, 0.6) is 0 Å². The van der Waals surface area contributed by atoms with Crippen molar-refractivity contribution in [3.63, 3.8) is 0 Å². The van der Waals surface area contributed by atoms with E-state index in [0.717, 1.165) is 99.1 Å². The van der Waals surface area contributed by atoms with Crippen LogP contribution in [0.4, 0.5) is 45.5 Å². The number of benzene rings is 12. The molecule has 0 saturated carbocycles. The van der Waals surface area contributed by atoms with E-state index in [4.69, 9.17) is 20.0 Å². The Morgan fingerprint density at radius 3 is 1.03 bits per heavy atom. The van der Waals surface area contributed by atoms with Crippen LogP contribution in [0.15, 0.2) is 384 Å². The minimum absolute atomic E-state index is 0.0544. The summed E-state index contributed by atoms with van der Waals surface area (Å²) in [6.45, 7) is 0. The molecule has 8 heterocycles. The first-order valence-corrected chi connectivity index (χ1v) is 42.7. The Morgan fingerprint density at radius 2 is 0.624 bits per heavy atom. The molecule has 16 nitrogen and oxygen atoms in total. The number of carbonyl (C=O) groups excluding carboxylic acids is 4. The van der Waals surface area contributed by atoms with E-state index < -0.39 is 0 Å². The number of thiazole rings is 2. The minimum atomic E-state index is -0.0767. The predicted octanol–water partition coefficient (Wildman–Crippen LogP) is 24.3. The molecule has 23 heteroatoms. The minimum Gasteiger partial charge on any atom is -0.268 e. The van der Waals surface area contributed by atoms with Gasteiger partial charge in [-0.05, 0) is 256 Å². The van der Waals surface area contributed by atoms with Crippen LogP contribution in [0.3, 0.4) is 0 Å². The zero-order valence-corrected chi connectivity index (χ0v) is 67.8. The predicted molar refractivity (Wildman–Crippen MR) is 494 cm³/mol. The quantitative estimate of drug-likeness (QED) is 0.106. The van der Waals surface area contributed by atoms with Gasteiger partial charge >= 0.3 is 0 Å². The number of rotatable bonds is 12. The number of thioether (sulfide) groups is 4. The van der Waals surface area contributed by atoms with Gasteiger partial charge in [-0.2, -0.15) is 5.10 Å². The highest BCUT2D eigenvalue weighted by Gasteiger charge is 2.38. The molecule has 16 aromatic rings. The van der Waals surface area contributed by atoms with Crippen LogP contribution < -0.4 is 19.6 Å². The Morgan fingerprint density at radius 1 is 0.299 bits per heavy atom. The van der Waals surface area contributed by atoms with Gasteiger partial charge in [-0.3, -0.25) is 43.5 Å². The molecule has 0 bridgehead atoms. The molecule has 566 valence electrons. The van der Waals surface area contributed by atoms with Crippen molar-refractivity contribution in [2.24, 2.45) is 27.0 Å². The second-order valence-corrected chi connectivity index (χ2v) is 33.0. The maximum atomic E-state index is 13.3. The molecule has 4 aliphatic rings. The molecule has 4 aromatic heterocycles. The second-order valence-electron chi connectivity index (χ2n) is 26.2. The number of nitrogens with zero attached hydrogens (tertiary/aromatic N) is 12. The Bertz CT molecular complexity index is 6160. The lowest BCUT2D eigenvalue weighted by Gasteiger charge is -2.15. The molecule has 20 rings (SSSR count). The molecule has 0 spiro atoms. The summed E-state index contributed by atoms with van der Waals surface area (Å²) < 4.78 is 5.32. The Labute approximate surface area is 702 Å². The second kappa shape index (κ2) is 35.7. The summed E-state index contributed by atoms with van der Waals surface area (Å²) >= 11 is 10.5. The van der Waals surface area contributed by atoms with Crippen LogP contribution in [-0.2, 0) is 26.2 Å². The number of carbonyl (C=O) groups is 4. The van der Waals surface area contributed by atoms with E-state index in [0.29, 0.717) is 40.3 Å². The topological polar surface area (TPSA) is 174 Å². The van der Waals surface area contributed by atoms with E-state index in [9.17, 15) is 19.2 Å². The molecule has 4 saturated heterocycles. The highest BCUT2D eigenvalue weighted by molar-refractivity contribution is 8.20. The maximum absolute atomic E-state index is 13.3. The number of amides is 4. The molecular weight excluding hydrogens is 1590 g/mol. The van der Waals surface area contributed by atoms with Gasteiger partial charge in [0.15, 0.2) is 20.7 Å². The molecule has 4 fully saturated rings. The summed E-state index contributed by atoms with van der Waals surface area (Å²) in [5.41, 5.74) is 17.0. The van der Waals surface area contributed by atoms with Crippen LogP contribution >= 0.6 is 81.1 Å². The number of hydrogen-bond donors (Lipinski definition) is 0. The van der Waals surface area contributed by atoms with Crippen LogP contribution in [0, 0.1) is 0 Å². The number of hydrogen-bond acceptors (Lipinski definition) is 18. The molecule has 0 unspecified atom stereocenters. The molecule has 0 atom stereocenters. The van der Waals surface area contributed by atoms with Gasteiger partial charge in [0.05, 0.1) is 108 Å². The largest absolute Gasteiger partial charge is 0.271 e. The number of aliphatic imine (C=N–C) groups is 4. The number of thiophene rings is 1. The van der Waals surface area contributed by atoms with Crippen LogP contribution in [0.2, 0.25) is 0 Å². The van der Waals surface area contributed by atoms with Crippen molar-refractivity contribution in [2.45, 2.75) is 0 Å². The summed E-state index contributed by atoms with van der Waals surface area (Å²) in [4.78, 5) is 90.1. The third-order valence-electron chi connectivity index (χ3n) is 18.4. The number of aromatic nitrogens is 4. The van der Waals surface area contributed by atoms with E-state index >= 15 is 0 Å². The maximum Gasteiger partial charge on any atom is 0.271 e. The monoisotopic (exact) mass is 1650 g/mol. The van der Waals surface area contributed by atoms with Gasteiger partial charge in [0.1, 0.15) is 0 Å². The van der Waals surface area contributed by atoms with Crippen molar-refractivity contribution < 1.29 is 19.2 Å². The summed E-state index contributed by atoms with van der Waals surface area (Å²) in [6, 6.07) is 104. The molecule has 0 N–H and O–H groups in total. The molecule has 0 aliphatic carbocycles. The van der Waals surface area contributed by atoms with Gasteiger partial charge < -0.3 is 0 Å². The average Bonchev–Trinajstić information content (AvgIpc) is 1.65. The van der Waals surface area contributed by atoms with Gasteiger partial charge in [-0.25, -0.2) is 29.9 Å². The van der Waals surface area contributed by atoms with Gasteiger partial charge in [0.2, 0.25) is 0 Å². The third kappa shape index (κ3) is 17.9. The number of para-hydroxylation sites is 8. The summed E-state index contributed by atoms with van der Waals surface area (Å²) in [6.07, 6.45) is 9.54. The van der Waals surface area contributed by atoms with Crippen LogP contribution in [0.25, 0.3) is 65.7 Å². The molecule has 4 amide bonds. The molecule has 0 radical (unpaired) electrons. The fourth-order valence-corrected chi connectivity index (χ4v) is 18.9. The first kappa shape index (κ1) is 76.4. The zero-order valence-electron chi connectivity index (χ0n) is 62.1. The first-order valence-electron chi connectivity index (χ1n) is 36.8. The van der Waals surface area contributed by atoms with Gasteiger partial charge in [0, 0.05) is 17.1 Å². The SMILES string of the molecule is Cn1ncc2cc(/C=C3\SC(=Nc4ccccc4)N(c4ccccc4)C3=O)ccc21.O=C1/C(=C/c2ccc3ncsc3c2)SC(=Nc2ccccc2)N1c1ccccc1.O=C1/C(=C/c2ccc3sccc3c2)SC(=Nc2ccccc2)N1c1ccccc1.O=C1/C(=C/c2ccc3scnc3c2)SC(=Nc2ccccc2)N1c1ccccc1. The van der Waals surface area contributed by atoms with Crippen molar-refractivity contribution >= 4 is 237 Å². The van der Waals surface area contributed by atoms with Crippen molar-refractivity contribution in [3.8, 4) is 0 Å². The van der Waals surface area contributed by atoms with Crippen molar-refractivity contribution in [2.75, 3.05) is 19.6 Å².